The van der Waals surface area contributed by atoms with Gasteiger partial charge in [-0.1, -0.05) is 0 Å². The predicted octanol–water partition coefficient (Wildman–Crippen LogP) is 1.77. The first kappa shape index (κ1) is 18.7. The second kappa shape index (κ2) is 7.68. The van der Waals surface area contributed by atoms with Gasteiger partial charge in [-0.15, -0.1) is 0 Å². The molecule has 3 saturated heterocycles. The molecule has 1 unspecified atom stereocenters. The Kier molecular flexibility index (Phi) is 5.99. The number of fused-ring (bicyclic) bond motifs is 1. The molecule has 0 amide bonds. The van der Waals surface area contributed by atoms with E-state index in [4.69, 9.17) is 32.5 Å². The van der Waals surface area contributed by atoms with Gasteiger partial charge < -0.3 is 18.9 Å². The van der Waals surface area contributed by atoms with Crippen LogP contribution in [-0.2, 0) is 37.1 Å². The van der Waals surface area contributed by atoms with E-state index in [2.05, 4.69) is 0 Å². The average molecular weight is 366 g/mol. The summed E-state index contributed by atoms with van der Waals surface area (Å²) in [6.45, 7) is 4.68. The Labute approximate surface area is 142 Å². The van der Waals surface area contributed by atoms with E-state index in [0.717, 1.165) is 6.42 Å². The molecule has 0 aromatic rings. The molecular weight excluding hydrogens is 339 g/mol. The Bertz CT molecular complexity index is 474. The minimum atomic E-state index is -3.65. The first-order valence-corrected chi connectivity index (χ1v) is 9.82. The molecule has 8 atom stereocenters. The summed E-state index contributed by atoms with van der Waals surface area (Å²) < 4.78 is 51.5. The van der Waals surface area contributed by atoms with E-state index in [-0.39, 0.29) is 55.8 Å². The minimum Gasteiger partial charge on any atom is -0.382 e. The van der Waals surface area contributed by atoms with E-state index in [1.165, 1.54) is 0 Å². The van der Waals surface area contributed by atoms with Gasteiger partial charge >= 0.3 is 7.82 Å². The third-order valence-electron chi connectivity index (χ3n) is 4.87. The van der Waals surface area contributed by atoms with Crippen molar-refractivity contribution in [1.82, 2.24) is 0 Å². The summed E-state index contributed by atoms with van der Waals surface area (Å²) in [6.07, 6.45) is -0.179. The first-order chi connectivity index (χ1) is 11.5. The third kappa shape index (κ3) is 3.86. The van der Waals surface area contributed by atoms with Crippen LogP contribution in [0.1, 0.15) is 20.3 Å². The monoisotopic (exact) mass is 366 g/mol. The zero-order chi connectivity index (χ0) is 17.3. The van der Waals surface area contributed by atoms with Crippen molar-refractivity contribution in [3.63, 3.8) is 0 Å². The van der Waals surface area contributed by atoms with E-state index < -0.39 is 7.82 Å². The van der Waals surface area contributed by atoms with Crippen molar-refractivity contribution in [3.05, 3.63) is 0 Å². The lowest BCUT2D eigenvalue weighted by atomic mass is 9.98. The second-order valence-corrected chi connectivity index (χ2v) is 8.22. The zero-order valence-electron chi connectivity index (χ0n) is 14.6. The van der Waals surface area contributed by atoms with Crippen LogP contribution in [0.2, 0.25) is 0 Å². The molecule has 3 aliphatic heterocycles. The Hall–Kier alpha value is -0.0500. The molecule has 0 bridgehead atoms. The molecule has 9 heteroatoms. The van der Waals surface area contributed by atoms with Gasteiger partial charge in [0, 0.05) is 26.6 Å². The van der Waals surface area contributed by atoms with Crippen LogP contribution in [-0.4, -0.2) is 70.7 Å². The number of ether oxygens (including phenoxy) is 4. The fourth-order valence-electron chi connectivity index (χ4n) is 3.58. The smallest absolute Gasteiger partial charge is 0.382 e. The van der Waals surface area contributed by atoms with E-state index in [1.807, 2.05) is 13.8 Å². The molecule has 0 aromatic heterocycles. The van der Waals surface area contributed by atoms with Gasteiger partial charge in [-0.3, -0.25) is 13.6 Å². The quantitative estimate of drug-likeness (QED) is 0.658. The number of phosphoric acid groups is 1. The normalized spacial score (nSPS) is 48.6. The third-order valence-corrected chi connectivity index (χ3v) is 6.31. The van der Waals surface area contributed by atoms with Gasteiger partial charge in [-0.05, 0) is 13.8 Å². The molecule has 0 saturated carbocycles. The predicted molar refractivity (Wildman–Crippen MR) is 83.8 cm³/mol. The number of hydrogen-bond acceptors (Lipinski definition) is 8. The highest BCUT2D eigenvalue weighted by Crippen LogP contribution is 2.57. The molecule has 140 valence electrons. The maximum absolute atomic E-state index is 12.8. The summed E-state index contributed by atoms with van der Waals surface area (Å²) in [5.41, 5.74) is 0. The largest absolute Gasteiger partial charge is 0.475 e. The van der Waals surface area contributed by atoms with Crippen molar-refractivity contribution in [2.24, 2.45) is 5.92 Å². The highest BCUT2D eigenvalue weighted by molar-refractivity contribution is 7.48. The standard InChI is InChI=1S/C15H27O8P/c1-9-5-12(18-4)13(21-9)8-20-24(16)19-6-11-10(2)22-14(7-17-3)15(11)23-24/h9-15H,5-8H2,1-4H3/t9-,10-,11-,12-,13+,14+,15-,24?/m0/s1. The molecule has 0 N–H and O–H groups in total. The van der Waals surface area contributed by atoms with Crippen molar-refractivity contribution in [1.29, 1.82) is 0 Å². The Morgan fingerprint density at radius 1 is 1.12 bits per heavy atom. The number of rotatable bonds is 6. The van der Waals surface area contributed by atoms with Crippen molar-refractivity contribution >= 4 is 7.82 Å². The van der Waals surface area contributed by atoms with Crippen molar-refractivity contribution in [2.45, 2.75) is 56.9 Å². The first-order valence-electron chi connectivity index (χ1n) is 8.36. The molecule has 3 fully saturated rings. The minimum absolute atomic E-state index is 0.0188. The second-order valence-electron chi connectivity index (χ2n) is 6.60. The van der Waals surface area contributed by atoms with Crippen LogP contribution >= 0.6 is 7.82 Å². The van der Waals surface area contributed by atoms with Gasteiger partial charge in [0.15, 0.2) is 0 Å². The number of methoxy groups -OCH3 is 2. The number of phosphoric ester groups is 1. The van der Waals surface area contributed by atoms with Crippen LogP contribution in [0.4, 0.5) is 0 Å². The van der Waals surface area contributed by atoms with Crippen LogP contribution in [0.5, 0.6) is 0 Å². The average Bonchev–Trinajstić information content (AvgIpc) is 3.06. The molecule has 0 radical (unpaired) electrons. The van der Waals surface area contributed by atoms with Gasteiger partial charge in [0.05, 0.1) is 38.1 Å². The summed E-state index contributed by atoms with van der Waals surface area (Å²) >= 11 is 0. The van der Waals surface area contributed by atoms with Crippen molar-refractivity contribution in [3.8, 4) is 0 Å². The SMILES string of the molecule is COC[C@H]1O[C@@H](C)[C@@H]2COP(=O)(OC[C@H]3O[C@@H](C)C[C@@H]3OC)O[C@@H]21. The summed E-state index contributed by atoms with van der Waals surface area (Å²) in [5, 5.41) is 0. The van der Waals surface area contributed by atoms with Gasteiger partial charge in [0.1, 0.15) is 18.3 Å². The summed E-state index contributed by atoms with van der Waals surface area (Å²) in [6, 6.07) is 0. The number of hydrogen-bond donors (Lipinski definition) is 0. The maximum Gasteiger partial charge on any atom is 0.475 e. The van der Waals surface area contributed by atoms with E-state index in [0.29, 0.717) is 6.61 Å². The molecule has 8 nitrogen and oxygen atoms in total. The Morgan fingerprint density at radius 2 is 1.92 bits per heavy atom. The highest BCUT2D eigenvalue weighted by Gasteiger charge is 2.52. The Morgan fingerprint density at radius 3 is 2.62 bits per heavy atom. The van der Waals surface area contributed by atoms with Crippen molar-refractivity contribution < 1.29 is 37.1 Å². The lowest BCUT2D eigenvalue weighted by Crippen LogP contribution is -2.39. The molecule has 0 spiro atoms. The van der Waals surface area contributed by atoms with E-state index in [1.54, 1.807) is 14.2 Å². The summed E-state index contributed by atoms with van der Waals surface area (Å²) in [7, 11) is -0.423. The lowest BCUT2D eigenvalue weighted by Gasteiger charge is -2.33. The van der Waals surface area contributed by atoms with Gasteiger partial charge in [-0.2, -0.15) is 0 Å². The van der Waals surface area contributed by atoms with Gasteiger partial charge in [0.2, 0.25) is 0 Å². The van der Waals surface area contributed by atoms with Gasteiger partial charge in [-0.25, -0.2) is 4.57 Å². The zero-order valence-corrected chi connectivity index (χ0v) is 15.5. The highest BCUT2D eigenvalue weighted by atomic mass is 31.2. The van der Waals surface area contributed by atoms with Crippen LogP contribution in [0, 0.1) is 5.92 Å². The van der Waals surface area contributed by atoms with Crippen LogP contribution in [0.15, 0.2) is 0 Å². The molecule has 0 aromatic carbocycles. The molecule has 0 aliphatic carbocycles. The topological polar surface area (TPSA) is 81.7 Å². The van der Waals surface area contributed by atoms with E-state index >= 15 is 0 Å². The van der Waals surface area contributed by atoms with Crippen LogP contribution < -0.4 is 0 Å². The van der Waals surface area contributed by atoms with E-state index in [9.17, 15) is 4.57 Å². The molecule has 24 heavy (non-hydrogen) atoms. The fourth-order valence-corrected chi connectivity index (χ4v) is 5.05. The fraction of sp³-hybridized carbons (Fsp3) is 1.00. The van der Waals surface area contributed by atoms with Crippen molar-refractivity contribution in [2.75, 3.05) is 34.0 Å². The molecule has 3 aliphatic rings. The summed E-state index contributed by atoms with van der Waals surface area (Å²) in [5.74, 6) is 0.0188. The molecule has 3 heterocycles. The Balaban J connectivity index is 1.59. The summed E-state index contributed by atoms with van der Waals surface area (Å²) in [4.78, 5) is 0. The van der Waals surface area contributed by atoms with Crippen LogP contribution in [0.25, 0.3) is 0 Å². The maximum atomic E-state index is 12.8. The van der Waals surface area contributed by atoms with Gasteiger partial charge in [0.25, 0.3) is 0 Å². The molecular formula is C15H27O8P. The van der Waals surface area contributed by atoms with Crippen LogP contribution in [0.3, 0.4) is 0 Å². The molecule has 3 rings (SSSR count). The lowest BCUT2D eigenvalue weighted by molar-refractivity contribution is -0.0590.